The van der Waals surface area contributed by atoms with Gasteiger partial charge in [0, 0.05) is 0 Å². The molecule has 3 aromatic rings. The molecule has 0 aliphatic rings. The molecular weight excluding hydrogens is 320 g/mol. The first-order valence-corrected chi connectivity index (χ1v) is 7.63. The van der Waals surface area contributed by atoms with Crippen molar-refractivity contribution in [1.82, 2.24) is 9.97 Å². The van der Waals surface area contributed by atoms with Crippen LogP contribution in [0.4, 0.5) is 0 Å². The van der Waals surface area contributed by atoms with E-state index in [1.807, 2.05) is 36.4 Å². The average Bonchev–Trinajstić information content (AvgIpc) is 3.08. The van der Waals surface area contributed by atoms with Crippen LogP contribution in [-0.4, -0.2) is 37.3 Å². The molecule has 6 nitrogen and oxygen atoms in total. The van der Waals surface area contributed by atoms with Gasteiger partial charge in [-0.25, -0.2) is 9.78 Å². The van der Waals surface area contributed by atoms with E-state index < -0.39 is 5.97 Å². The molecule has 0 aliphatic heterocycles. The number of ether oxygens (including phenoxy) is 3. The van der Waals surface area contributed by atoms with Gasteiger partial charge in [0.25, 0.3) is 0 Å². The number of carbonyl (C=O) groups is 1. The van der Waals surface area contributed by atoms with Crippen molar-refractivity contribution in [3.63, 3.8) is 0 Å². The number of hydrogen-bond acceptors (Lipinski definition) is 5. The van der Waals surface area contributed by atoms with E-state index in [1.54, 1.807) is 26.4 Å². The standard InChI is InChI=1S/C19H18N2O4/c1-23-15-9-7-12(11-16(15)24-2)8-10-17-20-14-6-4-5-13(18(14)21-17)19(22)25-3/h4-11H,1-3H3,(H,20,21)/b10-8-. The highest BCUT2D eigenvalue weighted by molar-refractivity contribution is 6.02. The monoisotopic (exact) mass is 338 g/mol. The minimum absolute atomic E-state index is 0.410. The second-order valence-electron chi connectivity index (χ2n) is 5.26. The molecule has 0 saturated heterocycles. The zero-order valence-electron chi connectivity index (χ0n) is 14.2. The number of hydrogen-bond donors (Lipinski definition) is 1. The number of aromatic amines is 1. The number of esters is 1. The minimum atomic E-state index is -0.410. The molecule has 0 radical (unpaired) electrons. The molecule has 1 N–H and O–H groups in total. The Morgan fingerprint density at radius 3 is 2.56 bits per heavy atom. The minimum Gasteiger partial charge on any atom is -0.493 e. The number of benzene rings is 2. The predicted octanol–water partition coefficient (Wildman–Crippen LogP) is 3.54. The van der Waals surface area contributed by atoms with Gasteiger partial charge in [-0.05, 0) is 35.9 Å². The van der Waals surface area contributed by atoms with E-state index in [4.69, 9.17) is 14.2 Å². The van der Waals surface area contributed by atoms with Crippen molar-refractivity contribution in [3.05, 3.63) is 53.3 Å². The Hall–Kier alpha value is -3.28. The van der Waals surface area contributed by atoms with Crippen LogP contribution in [0.2, 0.25) is 0 Å². The van der Waals surface area contributed by atoms with Gasteiger partial charge < -0.3 is 19.2 Å². The molecule has 0 bridgehead atoms. The number of rotatable bonds is 5. The fraction of sp³-hybridized carbons (Fsp3) is 0.158. The Morgan fingerprint density at radius 2 is 1.84 bits per heavy atom. The summed E-state index contributed by atoms with van der Waals surface area (Å²) >= 11 is 0. The second-order valence-corrected chi connectivity index (χ2v) is 5.26. The van der Waals surface area contributed by atoms with E-state index in [9.17, 15) is 4.79 Å². The summed E-state index contributed by atoms with van der Waals surface area (Å²) in [7, 11) is 4.55. The van der Waals surface area contributed by atoms with Crippen molar-refractivity contribution in [3.8, 4) is 11.5 Å². The number of fused-ring (bicyclic) bond motifs is 1. The van der Waals surface area contributed by atoms with Gasteiger partial charge in [-0.3, -0.25) is 0 Å². The van der Waals surface area contributed by atoms with Crippen molar-refractivity contribution in [1.29, 1.82) is 0 Å². The number of carbonyl (C=O) groups excluding carboxylic acids is 1. The molecule has 1 aromatic heterocycles. The molecule has 0 aliphatic carbocycles. The summed E-state index contributed by atoms with van der Waals surface area (Å²) in [6.07, 6.45) is 3.74. The van der Waals surface area contributed by atoms with Crippen molar-refractivity contribution in [2.45, 2.75) is 0 Å². The topological polar surface area (TPSA) is 73.4 Å². The van der Waals surface area contributed by atoms with Crippen LogP contribution in [0.3, 0.4) is 0 Å². The maximum absolute atomic E-state index is 11.8. The number of methoxy groups -OCH3 is 3. The molecule has 0 spiro atoms. The number of imidazole rings is 1. The molecule has 128 valence electrons. The van der Waals surface area contributed by atoms with E-state index in [0.29, 0.717) is 28.4 Å². The molecule has 0 amide bonds. The van der Waals surface area contributed by atoms with Gasteiger partial charge in [0.15, 0.2) is 11.5 Å². The highest BCUT2D eigenvalue weighted by Gasteiger charge is 2.13. The lowest BCUT2D eigenvalue weighted by Crippen LogP contribution is -2.01. The van der Waals surface area contributed by atoms with Crippen LogP contribution in [0, 0.1) is 0 Å². The van der Waals surface area contributed by atoms with Gasteiger partial charge >= 0.3 is 5.97 Å². The van der Waals surface area contributed by atoms with E-state index in [2.05, 4.69) is 9.97 Å². The molecular formula is C19H18N2O4. The third kappa shape index (κ3) is 3.33. The van der Waals surface area contributed by atoms with Crippen molar-refractivity contribution in [2.24, 2.45) is 0 Å². The molecule has 25 heavy (non-hydrogen) atoms. The van der Waals surface area contributed by atoms with Crippen LogP contribution in [-0.2, 0) is 4.74 Å². The van der Waals surface area contributed by atoms with Crippen molar-refractivity contribution in [2.75, 3.05) is 21.3 Å². The lowest BCUT2D eigenvalue weighted by molar-refractivity contribution is 0.0603. The Morgan fingerprint density at radius 1 is 1.04 bits per heavy atom. The summed E-state index contributed by atoms with van der Waals surface area (Å²) in [4.78, 5) is 19.5. The molecule has 0 fully saturated rings. The predicted molar refractivity (Wildman–Crippen MR) is 95.9 cm³/mol. The van der Waals surface area contributed by atoms with Crippen LogP contribution in [0.5, 0.6) is 11.5 Å². The summed E-state index contributed by atoms with van der Waals surface area (Å²) in [6.45, 7) is 0. The first kappa shape index (κ1) is 16.6. The molecule has 0 unspecified atom stereocenters. The lowest BCUT2D eigenvalue weighted by Gasteiger charge is -2.07. The molecule has 2 aromatic carbocycles. The molecule has 3 rings (SSSR count). The summed E-state index contributed by atoms with van der Waals surface area (Å²) in [5.41, 5.74) is 2.73. The highest BCUT2D eigenvalue weighted by atomic mass is 16.5. The number of para-hydroxylation sites is 1. The van der Waals surface area contributed by atoms with Crippen LogP contribution in [0.15, 0.2) is 36.4 Å². The molecule has 6 heteroatoms. The largest absolute Gasteiger partial charge is 0.493 e. The first-order valence-electron chi connectivity index (χ1n) is 7.63. The summed E-state index contributed by atoms with van der Waals surface area (Å²) < 4.78 is 15.3. The normalized spacial score (nSPS) is 11.0. The van der Waals surface area contributed by atoms with Gasteiger partial charge in [-0.2, -0.15) is 0 Å². The quantitative estimate of drug-likeness (QED) is 0.720. The third-order valence-corrected chi connectivity index (χ3v) is 3.78. The van der Waals surface area contributed by atoms with Crippen LogP contribution >= 0.6 is 0 Å². The number of aromatic nitrogens is 2. The molecule has 0 atom stereocenters. The van der Waals surface area contributed by atoms with Gasteiger partial charge in [-0.1, -0.05) is 18.2 Å². The van der Waals surface area contributed by atoms with E-state index in [-0.39, 0.29) is 0 Å². The fourth-order valence-electron chi connectivity index (χ4n) is 2.54. The number of nitrogens with one attached hydrogen (secondary N) is 1. The van der Waals surface area contributed by atoms with Gasteiger partial charge in [0.05, 0.1) is 32.4 Å². The fourth-order valence-corrected chi connectivity index (χ4v) is 2.54. The van der Waals surface area contributed by atoms with Crippen LogP contribution < -0.4 is 9.47 Å². The summed E-state index contributed by atoms with van der Waals surface area (Å²) in [5, 5.41) is 0. The number of nitrogens with zero attached hydrogens (tertiary/aromatic N) is 1. The maximum atomic E-state index is 11.8. The smallest absolute Gasteiger partial charge is 0.340 e. The Kier molecular flexibility index (Phi) is 4.70. The van der Waals surface area contributed by atoms with E-state index >= 15 is 0 Å². The van der Waals surface area contributed by atoms with Crippen molar-refractivity contribution < 1.29 is 19.0 Å². The molecule has 1 heterocycles. The van der Waals surface area contributed by atoms with E-state index in [1.165, 1.54) is 7.11 Å². The maximum Gasteiger partial charge on any atom is 0.340 e. The average molecular weight is 338 g/mol. The first-order chi connectivity index (χ1) is 12.2. The van der Waals surface area contributed by atoms with Gasteiger partial charge in [-0.15, -0.1) is 0 Å². The second kappa shape index (κ2) is 7.09. The zero-order valence-corrected chi connectivity index (χ0v) is 14.2. The number of H-pyrrole nitrogens is 1. The molecule has 0 saturated carbocycles. The van der Waals surface area contributed by atoms with Gasteiger partial charge in [0.2, 0.25) is 0 Å². The lowest BCUT2D eigenvalue weighted by atomic mass is 10.2. The van der Waals surface area contributed by atoms with Crippen molar-refractivity contribution >= 4 is 29.2 Å². The van der Waals surface area contributed by atoms with Gasteiger partial charge in [0.1, 0.15) is 11.3 Å². The van der Waals surface area contributed by atoms with Crippen LogP contribution in [0.1, 0.15) is 21.7 Å². The zero-order chi connectivity index (χ0) is 17.8. The third-order valence-electron chi connectivity index (χ3n) is 3.78. The Bertz CT molecular complexity index is 944. The SMILES string of the molecule is COC(=O)c1cccc2[nH]c(/C=C\c3ccc(OC)c(OC)c3)nc12. The summed E-state index contributed by atoms with van der Waals surface area (Å²) in [6, 6.07) is 11.0. The van der Waals surface area contributed by atoms with E-state index in [0.717, 1.165) is 11.1 Å². The van der Waals surface area contributed by atoms with Crippen LogP contribution in [0.25, 0.3) is 23.2 Å². The Labute approximate surface area is 145 Å². The Balaban J connectivity index is 1.93. The summed E-state index contributed by atoms with van der Waals surface area (Å²) in [5.74, 6) is 1.56. The highest BCUT2D eigenvalue weighted by Crippen LogP contribution is 2.28.